The third-order valence-electron chi connectivity index (χ3n) is 5.74. The number of carbonyl (C=O) groups is 3. The number of piperidine rings is 1. The number of methoxy groups -OCH3 is 1. The summed E-state index contributed by atoms with van der Waals surface area (Å²) in [7, 11) is 1.62. The van der Waals surface area contributed by atoms with E-state index in [0.717, 1.165) is 5.56 Å². The predicted molar refractivity (Wildman–Crippen MR) is 119 cm³/mol. The number of rotatable bonds is 9. The van der Waals surface area contributed by atoms with Gasteiger partial charge in [-0.05, 0) is 56.4 Å². The molecular weight excluding hydrogens is 410 g/mol. The van der Waals surface area contributed by atoms with Gasteiger partial charge in [0.1, 0.15) is 6.04 Å². The summed E-state index contributed by atoms with van der Waals surface area (Å²) >= 11 is 0. The molecule has 2 aromatic rings. The number of furan rings is 1. The number of aryl methyl sites for hydroxylation is 1. The molecule has 0 unspecified atom stereocenters. The van der Waals surface area contributed by atoms with Gasteiger partial charge in [-0.2, -0.15) is 0 Å². The Balaban J connectivity index is 1.65. The summed E-state index contributed by atoms with van der Waals surface area (Å²) in [6.07, 6.45) is 3.38. The monoisotopic (exact) mass is 441 g/mol. The zero-order chi connectivity index (χ0) is 22.9. The fourth-order valence-corrected chi connectivity index (χ4v) is 3.86. The Morgan fingerprint density at radius 2 is 1.88 bits per heavy atom. The molecule has 0 bridgehead atoms. The minimum atomic E-state index is -0.674. The van der Waals surface area contributed by atoms with E-state index < -0.39 is 6.04 Å². The maximum atomic E-state index is 13.0. The molecule has 0 radical (unpaired) electrons. The predicted octanol–water partition coefficient (Wildman–Crippen LogP) is 2.39. The highest BCUT2D eigenvalue weighted by molar-refractivity contribution is 5.97. The van der Waals surface area contributed by atoms with Crippen molar-refractivity contribution in [1.82, 2.24) is 15.5 Å². The summed E-state index contributed by atoms with van der Waals surface area (Å²) in [5, 5.41) is 5.84. The standard InChI is InChI=1S/C24H31N3O5/c1-17-6-8-19(9-7-17)22(28)26-21(23(29)25-12-4-15-31-2)18-10-13-27(14-11-18)24(30)20-5-3-16-32-20/h3,5-9,16,18,21H,4,10-15H2,1-2H3,(H,25,29)(H,26,28)/t21-/m1/s1. The average Bonchev–Trinajstić information content (AvgIpc) is 3.35. The molecule has 1 aromatic carbocycles. The molecular formula is C24H31N3O5. The second-order valence-electron chi connectivity index (χ2n) is 8.06. The first kappa shape index (κ1) is 23.5. The largest absolute Gasteiger partial charge is 0.459 e. The van der Waals surface area contributed by atoms with Gasteiger partial charge in [-0.1, -0.05) is 17.7 Å². The van der Waals surface area contributed by atoms with E-state index in [4.69, 9.17) is 9.15 Å². The van der Waals surface area contributed by atoms with Gasteiger partial charge < -0.3 is 24.7 Å². The van der Waals surface area contributed by atoms with Crippen molar-refractivity contribution in [1.29, 1.82) is 0 Å². The number of hydrogen-bond donors (Lipinski definition) is 2. The fraction of sp³-hybridized carbons (Fsp3) is 0.458. The van der Waals surface area contributed by atoms with Gasteiger partial charge in [0.05, 0.1) is 6.26 Å². The molecule has 3 amide bonds. The number of benzene rings is 1. The molecule has 1 fully saturated rings. The van der Waals surface area contributed by atoms with Crippen molar-refractivity contribution >= 4 is 17.7 Å². The molecule has 172 valence electrons. The van der Waals surface area contributed by atoms with E-state index in [9.17, 15) is 14.4 Å². The highest BCUT2D eigenvalue weighted by Gasteiger charge is 2.34. The summed E-state index contributed by atoms with van der Waals surface area (Å²) in [6.45, 7) is 3.97. The molecule has 1 aliphatic heterocycles. The lowest BCUT2D eigenvalue weighted by Crippen LogP contribution is -2.54. The van der Waals surface area contributed by atoms with Gasteiger partial charge in [-0.15, -0.1) is 0 Å². The second kappa shape index (κ2) is 11.5. The molecule has 3 rings (SSSR count). The van der Waals surface area contributed by atoms with Crippen LogP contribution in [-0.2, 0) is 9.53 Å². The minimum absolute atomic E-state index is 0.0764. The molecule has 0 aliphatic carbocycles. The van der Waals surface area contributed by atoms with Gasteiger partial charge >= 0.3 is 0 Å². The second-order valence-corrected chi connectivity index (χ2v) is 8.06. The Bertz CT molecular complexity index is 887. The molecule has 1 saturated heterocycles. The van der Waals surface area contributed by atoms with E-state index in [0.29, 0.717) is 56.8 Å². The van der Waals surface area contributed by atoms with Crippen molar-refractivity contribution in [2.24, 2.45) is 5.92 Å². The van der Waals surface area contributed by atoms with Crippen molar-refractivity contribution < 1.29 is 23.5 Å². The average molecular weight is 442 g/mol. The normalized spacial score (nSPS) is 15.2. The minimum Gasteiger partial charge on any atom is -0.459 e. The molecule has 1 atom stereocenters. The van der Waals surface area contributed by atoms with E-state index in [1.165, 1.54) is 6.26 Å². The number of ether oxygens (including phenoxy) is 1. The van der Waals surface area contributed by atoms with E-state index in [-0.39, 0.29) is 23.6 Å². The van der Waals surface area contributed by atoms with Gasteiger partial charge in [0.15, 0.2) is 5.76 Å². The first-order valence-electron chi connectivity index (χ1n) is 11.0. The smallest absolute Gasteiger partial charge is 0.289 e. The molecule has 0 spiro atoms. The van der Waals surface area contributed by atoms with E-state index >= 15 is 0 Å². The zero-order valence-electron chi connectivity index (χ0n) is 18.6. The first-order chi connectivity index (χ1) is 15.5. The van der Waals surface area contributed by atoms with Gasteiger partial charge in [-0.25, -0.2) is 0 Å². The van der Waals surface area contributed by atoms with Gasteiger partial charge in [0, 0.05) is 38.9 Å². The topological polar surface area (TPSA) is 101 Å². The first-order valence-corrected chi connectivity index (χ1v) is 11.0. The number of hydrogen-bond acceptors (Lipinski definition) is 5. The van der Waals surface area contributed by atoms with Crippen LogP contribution in [0.3, 0.4) is 0 Å². The molecule has 1 aromatic heterocycles. The Morgan fingerprint density at radius 1 is 1.16 bits per heavy atom. The van der Waals surface area contributed by atoms with Crippen molar-refractivity contribution in [2.75, 3.05) is 33.4 Å². The third-order valence-corrected chi connectivity index (χ3v) is 5.74. The van der Waals surface area contributed by atoms with Crippen LogP contribution in [0.2, 0.25) is 0 Å². The molecule has 0 saturated carbocycles. The quantitative estimate of drug-likeness (QED) is 0.582. The maximum absolute atomic E-state index is 13.0. The highest BCUT2D eigenvalue weighted by atomic mass is 16.5. The van der Waals surface area contributed by atoms with Gasteiger partial charge in [0.25, 0.3) is 11.8 Å². The molecule has 1 aliphatic rings. The lowest BCUT2D eigenvalue weighted by molar-refractivity contribution is -0.124. The summed E-state index contributed by atoms with van der Waals surface area (Å²) < 4.78 is 10.2. The molecule has 8 heteroatoms. The van der Waals surface area contributed by atoms with E-state index in [2.05, 4.69) is 10.6 Å². The van der Waals surface area contributed by atoms with Crippen LogP contribution in [0.4, 0.5) is 0 Å². The summed E-state index contributed by atoms with van der Waals surface area (Å²) in [5.41, 5.74) is 1.57. The van der Waals surface area contributed by atoms with Crippen molar-refractivity contribution in [2.45, 2.75) is 32.2 Å². The summed E-state index contributed by atoms with van der Waals surface area (Å²) in [5.74, 6) is -0.415. The van der Waals surface area contributed by atoms with Crippen LogP contribution in [0.5, 0.6) is 0 Å². The van der Waals surface area contributed by atoms with Crippen LogP contribution in [0, 0.1) is 12.8 Å². The lowest BCUT2D eigenvalue weighted by atomic mass is 9.88. The van der Waals surface area contributed by atoms with Crippen molar-refractivity contribution in [3.63, 3.8) is 0 Å². The third kappa shape index (κ3) is 6.20. The number of likely N-dealkylation sites (tertiary alicyclic amines) is 1. The summed E-state index contributed by atoms with van der Waals surface area (Å²) in [4.78, 5) is 40.1. The Kier molecular flexibility index (Phi) is 8.44. The van der Waals surface area contributed by atoms with E-state index in [1.54, 1.807) is 36.3 Å². The van der Waals surface area contributed by atoms with Crippen LogP contribution < -0.4 is 10.6 Å². The fourth-order valence-electron chi connectivity index (χ4n) is 3.86. The number of nitrogens with one attached hydrogen (secondary N) is 2. The SMILES string of the molecule is COCCCNC(=O)[C@H](NC(=O)c1ccc(C)cc1)C1CCN(C(=O)c2ccco2)CC1. The highest BCUT2D eigenvalue weighted by Crippen LogP contribution is 2.23. The number of amides is 3. The van der Waals surface area contributed by atoms with Gasteiger partial charge in [0.2, 0.25) is 5.91 Å². The zero-order valence-corrected chi connectivity index (χ0v) is 18.6. The summed E-state index contributed by atoms with van der Waals surface area (Å²) in [6, 6.07) is 9.90. The number of carbonyl (C=O) groups excluding carboxylic acids is 3. The van der Waals surface area contributed by atoms with Crippen LogP contribution in [0.1, 0.15) is 45.7 Å². The molecule has 2 heterocycles. The van der Waals surface area contributed by atoms with Crippen LogP contribution in [0.25, 0.3) is 0 Å². The Morgan fingerprint density at radius 3 is 2.50 bits per heavy atom. The molecule has 8 nitrogen and oxygen atoms in total. The van der Waals surface area contributed by atoms with Crippen LogP contribution >= 0.6 is 0 Å². The number of nitrogens with zero attached hydrogens (tertiary/aromatic N) is 1. The van der Waals surface area contributed by atoms with Crippen molar-refractivity contribution in [3.8, 4) is 0 Å². The van der Waals surface area contributed by atoms with Gasteiger partial charge in [-0.3, -0.25) is 14.4 Å². The van der Waals surface area contributed by atoms with E-state index in [1.807, 2.05) is 19.1 Å². The molecule has 2 N–H and O–H groups in total. The maximum Gasteiger partial charge on any atom is 0.289 e. The lowest BCUT2D eigenvalue weighted by Gasteiger charge is -2.35. The Hall–Kier alpha value is -3.13. The van der Waals surface area contributed by atoms with Crippen molar-refractivity contribution in [3.05, 3.63) is 59.5 Å². The molecule has 32 heavy (non-hydrogen) atoms. The van der Waals surface area contributed by atoms with Crippen LogP contribution in [-0.4, -0.2) is 62.0 Å². The Labute approximate surface area is 188 Å². The van der Waals surface area contributed by atoms with Crippen LogP contribution in [0.15, 0.2) is 47.1 Å².